The summed E-state index contributed by atoms with van der Waals surface area (Å²) >= 11 is 0. The predicted octanol–water partition coefficient (Wildman–Crippen LogP) is 0.784. The van der Waals surface area contributed by atoms with E-state index < -0.39 is 36.1 Å². The number of allylic oxidation sites excluding steroid dienone is 2. The lowest BCUT2D eigenvalue weighted by atomic mass is 10.0. The van der Waals surface area contributed by atoms with Crippen LogP contribution < -0.4 is 11.1 Å². The van der Waals surface area contributed by atoms with Gasteiger partial charge in [0.25, 0.3) is 5.91 Å². The van der Waals surface area contributed by atoms with E-state index in [0.717, 1.165) is 12.2 Å². The van der Waals surface area contributed by atoms with E-state index in [2.05, 4.69) is 0 Å². The third-order valence-corrected chi connectivity index (χ3v) is 1.85. The van der Waals surface area contributed by atoms with Gasteiger partial charge in [0, 0.05) is 0 Å². The monoisotopic (exact) mass is 224 g/mol. The molecule has 1 rings (SSSR count). The van der Waals surface area contributed by atoms with Gasteiger partial charge < -0.3 is 11.1 Å². The highest BCUT2D eigenvalue weighted by molar-refractivity contribution is 5.79. The number of nitrogens with one attached hydrogen (secondary N) is 1. The van der Waals surface area contributed by atoms with Crippen molar-refractivity contribution in [3.8, 4) is 0 Å². The summed E-state index contributed by atoms with van der Waals surface area (Å²) in [5.41, 5.74) is 4.29. The average Bonchev–Trinajstić information content (AvgIpc) is 2.18. The standard InChI is InChI=1S/C8H8F4N2O/c9-3-1-2-4(5(10)6(3)13)14-8(15)7(11)12/h1-2,4-5,7H,13H2,(H,14,15). The third kappa shape index (κ3) is 2.48. The van der Waals surface area contributed by atoms with Gasteiger partial charge in [0.15, 0.2) is 6.17 Å². The van der Waals surface area contributed by atoms with Gasteiger partial charge in [-0.05, 0) is 6.08 Å². The van der Waals surface area contributed by atoms with Crippen LogP contribution in [0, 0.1) is 0 Å². The highest BCUT2D eigenvalue weighted by atomic mass is 19.3. The highest BCUT2D eigenvalue weighted by Gasteiger charge is 2.30. The Kier molecular flexibility index (Phi) is 3.33. The maximum atomic E-state index is 13.2. The lowest BCUT2D eigenvalue weighted by Gasteiger charge is -2.22. The van der Waals surface area contributed by atoms with Crippen LogP contribution in [0.4, 0.5) is 17.6 Å². The topological polar surface area (TPSA) is 55.1 Å². The molecule has 2 atom stereocenters. The Bertz CT molecular complexity index is 327. The van der Waals surface area contributed by atoms with Crippen molar-refractivity contribution in [3.63, 3.8) is 0 Å². The second-order valence-electron chi connectivity index (χ2n) is 2.90. The lowest BCUT2D eigenvalue weighted by molar-refractivity contribution is -0.132. The number of halogens is 4. The minimum atomic E-state index is -3.25. The van der Waals surface area contributed by atoms with Crippen molar-refractivity contribution in [2.45, 2.75) is 18.6 Å². The van der Waals surface area contributed by atoms with E-state index >= 15 is 0 Å². The molecule has 0 saturated heterocycles. The van der Waals surface area contributed by atoms with Crippen LogP contribution in [-0.2, 0) is 4.79 Å². The van der Waals surface area contributed by atoms with Crippen molar-refractivity contribution < 1.29 is 22.4 Å². The van der Waals surface area contributed by atoms with E-state index in [9.17, 15) is 22.4 Å². The van der Waals surface area contributed by atoms with Crippen molar-refractivity contribution in [2.75, 3.05) is 0 Å². The van der Waals surface area contributed by atoms with Crippen LogP contribution >= 0.6 is 0 Å². The molecule has 1 amide bonds. The first-order chi connectivity index (χ1) is 6.93. The first-order valence-corrected chi connectivity index (χ1v) is 3.99. The first-order valence-electron chi connectivity index (χ1n) is 3.99. The maximum Gasteiger partial charge on any atom is 0.315 e. The van der Waals surface area contributed by atoms with Gasteiger partial charge >= 0.3 is 6.43 Å². The molecule has 84 valence electrons. The third-order valence-electron chi connectivity index (χ3n) is 1.85. The van der Waals surface area contributed by atoms with E-state index in [0.29, 0.717) is 0 Å². The fourth-order valence-electron chi connectivity index (χ4n) is 1.06. The Balaban J connectivity index is 2.69. The van der Waals surface area contributed by atoms with Gasteiger partial charge in [-0.1, -0.05) is 6.08 Å². The summed E-state index contributed by atoms with van der Waals surface area (Å²) in [6.07, 6.45) is -3.53. The number of hydrogen-bond donors (Lipinski definition) is 2. The molecule has 0 aromatic carbocycles. The smallest absolute Gasteiger partial charge is 0.315 e. The predicted molar refractivity (Wildman–Crippen MR) is 44.3 cm³/mol. The Morgan fingerprint density at radius 3 is 2.67 bits per heavy atom. The SMILES string of the molecule is NC1=C(F)C=CC(NC(=O)C(F)F)C1F. The largest absolute Gasteiger partial charge is 0.397 e. The zero-order valence-electron chi connectivity index (χ0n) is 7.38. The van der Waals surface area contributed by atoms with E-state index in [1.165, 1.54) is 0 Å². The summed E-state index contributed by atoms with van der Waals surface area (Å²) in [5.74, 6) is -2.59. The minimum Gasteiger partial charge on any atom is -0.397 e. The van der Waals surface area contributed by atoms with Crippen LogP contribution in [0.1, 0.15) is 0 Å². The number of carbonyl (C=O) groups is 1. The quantitative estimate of drug-likeness (QED) is 0.681. The summed E-state index contributed by atoms with van der Waals surface area (Å²) in [6, 6.07) is -1.36. The molecular weight excluding hydrogens is 216 g/mol. The second-order valence-corrected chi connectivity index (χ2v) is 2.90. The average molecular weight is 224 g/mol. The molecule has 0 spiro atoms. The first kappa shape index (κ1) is 11.5. The molecular formula is C8H8F4N2O. The Labute approximate surface area is 82.6 Å². The van der Waals surface area contributed by atoms with Gasteiger partial charge in [0.1, 0.15) is 5.83 Å². The number of carbonyl (C=O) groups excluding carboxylic acids is 1. The summed E-state index contributed by atoms with van der Waals surface area (Å²) in [5, 5.41) is 1.69. The van der Waals surface area contributed by atoms with E-state index in [4.69, 9.17) is 5.73 Å². The summed E-state index contributed by atoms with van der Waals surface area (Å²) in [6.45, 7) is 0. The van der Waals surface area contributed by atoms with Gasteiger partial charge in [-0.25, -0.2) is 8.78 Å². The van der Waals surface area contributed by atoms with Crippen molar-refractivity contribution in [3.05, 3.63) is 23.7 Å². The Morgan fingerprint density at radius 1 is 1.53 bits per heavy atom. The maximum absolute atomic E-state index is 13.2. The summed E-state index contributed by atoms with van der Waals surface area (Å²) in [7, 11) is 0. The molecule has 0 heterocycles. The number of hydrogen-bond acceptors (Lipinski definition) is 2. The van der Waals surface area contributed by atoms with Crippen molar-refractivity contribution in [2.24, 2.45) is 5.73 Å². The fourth-order valence-corrected chi connectivity index (χ4v) is 1.06. The molecule has 0 fully saturated rings. The van der Waals surface area contributed by atoms with Crippen molar-refractivity contribution >= 4 is 5.91 Å². The zero-order valence-corrected chi connectivity index (χ0v) is 7.38. The molecule has 2 unspecified atom stereocenters. The van der Waals surface area contributed by atoms with Gasteiger partial charge in [-0.15, -0.1) is 0 Å². The second kappa shape index (κ2) is 4.33. The van der Waals surface area contributed by atoms with Gasteiger partial charge in [0.2, 0.25) is 0 Å². The zero-order chi connectivity index (χ0) is 11.6. The van der Waals surface area contributed by atoms with Crippen LogP contribution in [0.3, 0.4) is 0 Å². The van der Waals surface area contributed by atoms with Gasteiger partial charge in [0.05, 0.1) is 11.7 Å². The van der Waals surface area contributed by atoms with Gasteiger partial charge in [-0.2, -0.15) is 8.78 Å². The Hall–Kier alpha value is -1.53. The fraction of sp³-hybridized carbons (Fsp3) is 0.375. The Morgan fingerprint density at radius 2 is 2.13 bits per heavy atom. The molecule has 0 aromatic heterocycles. The highest BCUT2D eigenvalue weighted by Crippen LogP contribution is 2.19. The van der Waals surface area contributed by atoms with Crippen LogP contribution in [0.5, 0.6) is 0 Å². The van der Waals surface area contributed by atoms with Crippen molar-refractivity contribution in [1.82, 2.24) is 5.32 Å². The molecule has 15 heavy (non-hydrogen) atoms. The minimum absolute atomic E-state index is 0.711. The molecule has 1 aliphatic rings. The number of amides is 1. The summed E-state index contributed by atoms with van der Waals surface area (Å²) < 4.78 is 49.5. The van der Waals surface area contributed by atoms with Crippen LogP contribution in [-0.4, -0.2) is 24.5 Å². The van der Waals surface area contributed by atoms with Crippen LogP contribution in [0.15, 0.2) is 23.7 Å². The molecule has 3 N–H and O–H groups in total. The van der Waals surface area contributed by atoms with E-state index in [-0.39, 0.29) is 0 Å². The molecule has 1 aliphatic carbocycles. The molecule has 0 radical (unpaired) electrons. The molecule has 3 nitrogen and oxygen atoms in total. The number of alkyl halides is 3. The number of rotatable bonds is 2. The van der Waals surface area contributed by atoms with E-state index in [1.54, 1.807) is 5.32 Å². The molecule has 0 aliphatic heterocycles. The molecule has 0 aromatic rings. The molecule has 7 heteroatoms. The van der Waals surface area contributed by atoms with E-state index in [1.807, 2.05) is 0 Å². The number of nitrogens with two attached hydrogens (primary N) is 1. The van der Waals surface area contributed by atoms with Gasteiger partial charge in [-0.3, -0.25) is 4.79 Å². The molecule has 0 saturated carbocycles. The van der Waals surface area contributed by atoms with Crippen LogP contribution in [0.25, 0.3) is 0 Å². The van der Waals surface area contributed by atoms with Crippen molar-refractivity contribution in [1.29, 1.82) is 0 Å². The molecule has 0 bridgehead atoms. The van der Waals surface area contributed by atoms with Crippen LogP contribution in [0.2, 0.25) is 0 Å². The summed E-state index contributed by atoms with van der Waals surface area (Å²) in [4.78, 5) is 10.5. The lowest BCUT2D eigenvalue weighted by Crippen LogP contribution is -2.45. The normalized spacial score (nSPS) is 25.9.